The first kappa shape index (κ1) is 3.24. The average Bonchev–Trinajstić information content (AvgIpc) is 2.46. The van der Waals surface area contributed by atoms with Crippen molar-refractivity contribution in [2.45, 2.75) is 25.7 Å². The largest absolute Gasteiger partial charge is 0.0464 e. The molecule has 0 amide bonds. The first-order valence-electron chi connectivity index (χ1n) is 3.87. The molecule has 0 bridgehead atoms. The molecule has 0 aliphatic heterocycles. The Kier molecular flexibility index (Phi) is 0.211. The molecule has 42 valence electrons. The van der Waals surface area contributed by atoms with Crippen molar-refractivity contribution in [3.63, 3.8) is 0 Å². The Bertz CT molecular complexity index is 176. The fourth-order valence-corrected chi connectivity index (χ4v) is 3.89. The minimum atomic E-state index is 1.04. The zero-order chi connectivity index (χ0) is 4.98. The van der Waals surface area contributed by atoms with Crippen LogP contribution in [0, 0.1) is 22.7 Å². The van der Waals surface area contributed by atoms with Gasteiger partial charge in [0.25, 0.3) is 0 Å². The highest BCUT2D eigenvalue weighted by atomic mass is 15.0. The van der Waals surface area contributed by atoms with Gasteiger partial charge in [0.05, 0.1) is 0 Å². The van der Waals surface area contributed by atoms with Crippen LogP contribution in [0.25, 0.3) is 0 Å². The molecule has 0 heteroatoms. The highest BCUT2D eigenvalue weighted by Gasteiger charge is 2.92. The summed E-state index contributed by atoms with van der Waals surface area (Å²) in [5.74, 6) is 2.50. The van der Waals surface area contributed by atoms with Crippen LogP contribution in [-0.4, -0.2) is 0 Å². The molecule has 0 N–H and O–H groups in total. The van der Waals surface area contributed by atoms with Crippen LogP contribution in [0.5, 0.6) is 0 Å². The van der Waals surface area contributed by atoms with Gasteiger partial charge in [-0.15, -0.1) is 0 Å². The summed E-state index contributed by atoms with van der Waals surface area (Å²) in [6, 6.07) is 0. The molecule has 4 rings (SSSR count). The molecule has 2 spiro atoms. The zero-order valence-electron chi connectivity index (χ0n) is 4.98. The van der Waals surface area contributed by atoms with E-state index < -0.39 is 0 Å². The lowest BCUT2D eigenvalue weighted by molar-refractivity contribution is 0.641. The Labute approximate surface area is 49.3 Å². The third-order valence-electron chi connectivity index (χ3n) is 4.53. The van der Waals surface area contributed by atoms with Crippen molar-refractivity contribution in [2.75, 3.05) is 0 Å². The molecule has 0 aromatic carbocycles. The van der Waals surface area contributed by atoms with Gasteiger partial charge in [0.15, 0.2) is 0 Å². The van der Waals surface area contributed by atoms with E-state index in [0.717, 1.165) is 10.8 Å². The van der Waals surface area contributed by atoms with Gasteiger partial charge in [-0.2, -0.15) is 0 Å². The highest BCUT2D eigenvalue weighted by molar-refractivity contribution is 5.41. The van der Waals surface area contributed by atoms with Crippen molar-refractivity contribution in [3.8, 4) is 0 Å². The lowest BCUT2D eigenvalue weighted by atomic mass is 10.2. The van der Waals surface area contributed by atoms with E-state index in [-0.39, 0.29) is 0 Å². The molecule has 4 aliphatic carbocycles. The van der Waals surface area contributed by atoms with E-state index >= 15 is 0 Å². The molecule has 4 saturated carbocycles. The maximum Gasteiger partial charge on any atom is -0.0201 e. The summed E-state index contributed by atoms with van der Waals surface area (Å²) >= 11 is 0. The Hall–Kier alpha value is 0. The van der Waals surface area contributed by atoms with Crippen molar-refractivity contribution in [3.05, 3.63) is 0 Å². The van der Waals surface area contributed by atoms with Gasteiger partial charge < -0.3 is 0 Å². The van der Waals surface area contributed by atoms with Crippen molar-refractivity contribution in [1.29, 1.82) is 0 Å². The van der Waals surface area contributed by atoms with Crippen LogP contribution in [0.3, 0.4) is 0 Å². The van der Waals surface area contributed by atoms with Gasteiger partial charge in [-0.25, -0.2) is 0 Å². The first-order valence-corrected chi connectivity index (χ1v) is 3.87. The summed E-state index contributed by atoms with van der Waals surface area (Å²) in [5.41, 5.74) is 2.08. The van der Waals surface area contributed by atoms with E-state index in [1.807, 2.05) is 0 Å². The fraction of sp³-hybridized carbons (Fsp3) is 1.00. The second-order valence-electron chi connectivity index (χ2n) is 4.53. The molecule has 0 saturated heterocycles. The third kappa shape index (κ3) is 0.122. The molecule has 8 heavy (non-hydrogen) atoms. The van der Waals surface area contributed by atoms with Gasteiger partial charge in [0.1, 0.15) is 0 Å². The molecule has 0 nitrogen and oxygen atoms in total. The second-order valence-corrected chi connectivity index (χ2v) is 4.53. The molecule has 4 aliphatic rings. The number of rotatable bonds is 0. The summed E-state index contributed by atoms with van der Waals surface area (Å²) in [6.07, 6.45) is 6.59. The van der Waals surface area contributed by atoms with Crippen LogP contribution in [0.4, 0.5) is 0 Å². The van der Waals surface area contributed by atoms with Crippen molar-refractivity contribution < 1.29 is 0 Å². The molecule has 0 aromatic heterocycles. The van der Waals surface area contributed by atoms with Crippen molar-refractivity contribution >= 4 is 0 Å². The lowest BCUT2D eigenvalue weighted by Gasteiger charge is -1.86. The van der Waals surface area contributed by atoms with E-state index in [1.54, 1.807) is 25.7 Å². The molecule has 0 radical (unpaired) electrons. The second kappa shape index (κ2) is 0.521. The minimum absolute atomic E-state index is 1.04. The lowest BCUT2D eigenvalue weighted by Crippen LogP contribution is -1.76. The SMILES string of the molecule is C1C2CC23CC32CC12. The summed E-state index contributed by atoms with van der Waals surface area (Å²) in [7, 11) is 0. The summed E-state index contributed by atoms with van der Waals surface area (Å²) in [5, 5.41) is 0. The Morgan fingerprint density at radius 2 is 1.62 bits per heavy atom. The molecule has 0 heterocycles. The van der Waals surface area contributed by atoms with E-state index in [0.29, 0.717) is 0 Å². The van der Waals surface area contributed by atoms with Gasteiger partial charge in [-0.1, -0.05) is 0 Å². The summed E-state index contributed by atoms with van der Waals surface area (Å²) in [4.78, 5) is 0. The third-order valence-corrected chi connectivity index (χ3v) is 4.53. The molecular formula is C8H10. The summed E-state index contributed by atoms with van der Waals surface area (Å²) in [6.45, 7) is 0. The number of hydrogen-bond donors (Lipinski definition) is 0. The smallest absolute Gasteiger partial charge is 0.0201 e. The zero-order valence-corrected chi connectivity index (χ0v) is 4.98. The maximum atomic E-state index is 1.66. The molecule has 4 fully saturated rings. The monoisotopic (exact) mass is 106 g/mol. The standard InChI is InChI=1S/C8H10/c1-5-2-7(5)4-8(7)3-6(1)8/h5-6H,1-4H2. The van der Waals surface area contributed by atoms with Crippen LogP contribution in [0.15, 0.2) is 0 Å². The molecule has 4 unspecified atom stereocenters. The Morgan fingerprint density at radius 1 is 1.00 bits per heavy atom. The predicted molar refractivity (Wildman–Crippen MR) is 30.3 cm³/mol. The maximum absolute atomic E-state index is 1.66. The van der Waals surface area contributed by atoms with Gasteiger partial charge >= 0.3 is 0 Å². The molecule has 0 aromatic rings. The van der Waals surface area contributed by atoms with Crippen LogP contribution in [0.1, 0.15) is 25.7 Å². The number of hydrogen-bond acceptors (Lipinski definition) is 0. The highest BCUT2D eigenvalue weighted by Crippen LogP contribution is 3.00. The molecular weight excluding hydrogens is 96.1 g/mol. The predicted octanol–water partition coefficient (Wildman–Crippen LogP) is 1.81. The van der Waals surface area contributed by atoms with E-state index in [9.17, 15) is 0 Å². The van der Waals surface area contributed by atoms with Gasteiger partial charge in [0.2, 0.25) is 0 Å². The quantitative estimate of drug-likeness (QED) is 0.441. The van der Waals surface area contributed by atoms with Crippen LogP contribution >= 0.6 is 0 Å². The van der Waals surface area contributed by atoms with Crippen LogP contribution in [-0.2, 0) is 0 Å². The van der Waals surface area contributed by atoms with Gasteiger partial charge in [0, 0.05) is 0 Å². The van der Waals surface area contributed by atoms with Crippen molar-refractivity contribution in [2.24, 2.45) is 22.7 Å². The van der Waals surface area contributed by atoms with E-state index in [1.165, 1.54) is 11.8 Å². The molecule has 4 atom stereocenters. The average molecular weight is 106 g/mol. The van der Waals surface area contributed by atoms with Gasteiger partial charge in [-0.3, -0.25) is 0 Å². The Balaban J connectivity index is 2.07. The van der Waals surface area contributed by atoms with Crippen LogP contribution in [0.2, 0.25) is 0 Å². The fourth-order valence-electron chi connectivity index (χ4n) is 3.89. The minimum Gasteiger partial charge on any atom is -0.0464 e. The van der Waals surface area contributed by atoms with E-state index in [2.05, 4.69) is 0 Å². The van der Waals surface area contributed by atoms with Crippen LogP contribution < -0.4 is 0 Å². The van der Waals surface area contributed by atoms with Gasteiger partial charge in [-0.05, 0) is 48.3 Å². The Morgan fingerprint density at radius 3 is 1.88 bits per heavy atom. The topological polar surface area (TPSA) is 0 Å². The normalized spacial score (nSPS) is 87.0. The summed E-state index contributed by atoms with van der Waals surface area (Å²) < 4.78 is 0. The van der Waals surface area contributed by atoms with E-state index in [4.69, 9.17) is 0 Å². The first-order chi connectivity index (χ1) is 3.87. The van der Waals surface area contributed by atoms with Crippen molar-refractivity contribution in [1.82, 2.24) is 0 Å².